The van der Waals surface area contributed by atoms with Crippen LogP contribution in [0.5, 0.6) is 0 Å². The van der Waals surface area contributed by atoms with E-state index in [1.54, 1.807) is 11.3 Å². The monoisotopic (exact) mass is 645 g/mol. The van der Waals surface area contributed by atoms with E-state index in [-0.39, 0.29) is 6.17 Å². The van der Waals surface area contributed by atoms with E-state index in [0.717, 1.165) is 60.5 Å². The Bertz CT molecular complexity index is 2940. The van der Waals surface area contributed by atoms with Crippen molar-refractivity contribution >= 4 is 87.5 Å². The fourth-order valence-corrected chi connectivity index (χ4v) is 8.94. The van der Waals surface area contributed by atoms with Crippen molar-refractivity contribution in [2.45, 2.75) is 6.17 Å². The lowest BCUT2D eigenvalue weighted by atomic mass is 9.98. The third-order valence-corrected chi connectivity index (χ3v) is 11.2. The molecule has 7 aromatic carbocycles. The molecule has 5 heteroatoms. The predicted octanol–water partition coefficient (Wildman–Crippen LogP) is 12.1. The zero-order chi connectivity index (χ0) is 32.1. The average Bonchev–Trinajstić information content (AvgIpc) is 3.83. The predicted molar refractivity (Wildman–Crippen MR) is 206 cm³/mol. The first-order valence-electron chi connectivity index (χ1n) is 16.6. The van der Waals surface area contributed by atoms with Crippen LogP contribution in [0, 0.1) is 0 Å². The standard InChI is InChI=1S/C44H27N3OS/c1-2-11-27-24-28(21-20-26(27)10-1)29-22-23-32-38(25-29)48-37-18-9-15-34(40(32)37)43-45-41-33-14-5-8-19-39(33)49-42(41)44(46-43)47-35-16-6-3-12-30(35)31-13-4-7-17-36(31)47/h1-25,43,45H. The van der Waals surface area contributed by atoms with E-state index >= 15 is 0 Å². The minimum absolute atomic E-state index is 0.329. The first-order chi connectivity index (χ1) is 24.3. The van der Waals surface area contributed by atoms with Crippen LogP contribution in [0.1, 0.15) is 16.6 Å². The van der Waals surface area contributed by atoms with Gasteiger partial charge in [0.05, 0.1) is 21.6 Å². The van der Waals surface area contributed by atoms with Crippen LogP contribution in [0.15, 0.2) is 161 Å². The maximum absolute atomic E-state index is 6.59. The third kappa shape index (κ3) is 3.94. The quantitative estimate of drug-likeness (QED) is 0.203. The second-order valence-corrected chi connectivity index (χ2v) is 13.8. The van der Waals surface area contributed by atoms with Crippen molar-refractivity contribution in [1.82, 2.24) is 4.57 Å². The van der Waals surface area contributed by atoms with E-state index in [4.69, 9.17) is 9.41 Å². The fourth-order valence-electron chi connectivity index (χ4n) is 7.78. The Hall–Kier alpha value is -6.17. The number of nitrogens with zero attached hydrogens (tertiary/aromatic N) is 2. The van der Waals surface area contributed by atoms with E-state index in [9.17, 15) is 0 Å². The lowest BCUT2D eigenvalue weighted by Crippen LogP contribution is -2.23. The molecule has 0 aliphatic carbocycles. The molecule has 4 heterocycles. The van der Waals surface area contributed by atoms with Gasteiger partial charge in [0, 0.05) is 37.2 Å². The summed E-state index contributed by atoms with van der Waals surface area (Å²) in [5, 5.41) is 12.2. The highest BCUT2D eigenvalue weighted by molar-refractivity contribution is 7.21. The normalized spacial score (nSPS) is 14.6. The summed E-state index contributed by atoms with van der Waals surface area (Å²) in [5.74, 6) is 0.959. The van der Waals surface area contributed by atoms with Crippen LogP contribution in [0.2, 0.25) is 0 Å². The topological polar surface area (TPSA) is 42.5 Å². The molecule has 0 fully saturated rings. The highest BCUT2D eigenvalue weighted by Crippen LogP contribution is 2.45. The largest absolute Gasteiger partial charge is 0.456 e. The summed E-state index contributed by atoms with van der Waals surface area (Å²) < 4.78 is 10.2. The summed E-state index contributed by atoms with van der Waals surface area (Å²) in [4.78, 5) is 6.75. The molecule has 49 heavy (non-hydrogen) atoms. The molecule has 0 radical (unpaired) electrons. The maximum Gasteiger partial charge on any atom is 0.154 e. The van der Waals surface area contributed by atoms with Crippen LogP contribution in [0.3, 0.4) is 0 Å². The van der Waals surface area contributed by atoms with Crippen molar-refractivity contribution in [1.29, 1.82) is 0 Å². The van der Waals surface area contributed by atoms with Crippen LogP contribution in [-0.4, -0.2) is 10.4 Å². The molecule has 1 aliphatic heterocycles. The number of furan rings is 1. The Morgan fingerprint density at radius 2 is 1.27 bits per heavy atom. The van der Waals surface area contributed by atoms with E-state index in [0.29, 0.717) is 0 Å². The van der Waals surface area contributed by atoms with Gasteiger partial charge in [0.2, 0.25) is 0 Å². The second kappa shape index (κ2) is 10.2. The summed E-state index contributed by atoms with van der Waals surface area (Å²) in [6.07, 6.45) is -0.329. The molecule has 1 atom stereocenters. The van der Waals surface area contributed by atoms with Crippen molar-refractivity contribution in [2.75, 3.05) is 5.32 Å². The van der Waals surface area contributed by atoms with Crippen molar-refractivity contribution in [3.8, 4) is 11.1 Å². The van der Waals surface area contributed by atoms with E-state index < -0.39 is 0 Å². The van der Waals surface area contributed by atoms with Crippen LogP contribution in [-0.2, 0) is 0 Å². The molecule has 230 valence electrons. The Morgan fingerprint density at radius 3 is 2.10 bits per heavy atom. The lowest BCUT2D eigenvalue weighted by Gasteiger charge is -2.25. The first kappa shape index (κ1) is 26.9. The van der Waals surface area contributed by atoms with Gasteiger partial charge in [0.15, 0.2) is 5.84 Å². The van der Waals surface area contributed by atoms with Crippen LogP contribution >= 0.6 is 11.3 Å². The molecule has 0 spiro atoms. The lowest BCUT2D eigenvalue weighted by molar-refractivity contribution is 0.668. The molecule has 0 saturated carbocycles. The molecule has 0 saturated heterocycles. The van der Waals surface area contributed by atoms with Gasteiger partial charge in [0.25, 0.3) is 0 Å². The number of aliphatic imine (C=N–C) groups is 1. The molecule has 4 nitrogen and oxygen atoms in total. The van der Waals surface area contributed by atoms with E-state index in [1.807, 2.05) is 0 Å². The number of hydrogen-bond acceptors (Lipinski definition) is 4. The van der Waals surface area contributed by atoms with Gasteiger partial charge in [-0.15, -0.1) is 11.3 Å². The summed E-state index contributed by atoms with van der Waals surface area (Å²) in [5.41, 5.74) is 8.56. The van der Waals surface area contributed by atoms with Gasteiger partial charge < -0.3 is 9.73 Å². The molecule has 1 N–H and O–H groups in total. The molecule has 3 aromatic heterocycles. The molecule has 11 rings (SSSR count). The Kier molecular flexibility index (Phi) is 5.57. The number of nitrogens with one attached hydrogen (secondary N) is 1. The summed E-state index contributed by atoms with van der Waals surface area (Å²) in [6.45, 7) is 0. The van der Waals surface area contributed by atoms with Crippen LogP contribution < -0.4 is 5.32 Å². The number of thiophene rings is 1. The number of rotatable bonds is 2. The zero-order valence-electron chi connectivity index (χ0n) is 26.2. The Morgan fingerprint density at radius 1 is 0.571 bits per heavy atom. The number of aromatic nitrogens is 1. The molecule has 1 unspecified atom stereocenters. The van der Waals surface area contributed by atoms with Crippen molar-refractivity contribution in [2.24, 2.45) is 4.99 Å². The smallest absolute Gasteiger partial charge is 0.154 e. The maximum atomic E-state index is 6.59. The number of para-hydroxylation sites is 2. The zero-order valence-corrected chi connectivity index (χ0v) is 27.0. The fraction of sp³-hybridized carbons (Fsp3) is 0.0227. The van der Waals surface area contributed by atoms with E-state index in [1.165, 1.54) is 37.2 Å². The van der Waals surface area contributed by atoms with E-state index in [2.05, 4.69) is 162 Å². The molecule has 0 bridgehead atoms. The number of benzene rings is 7. The van der Waals surface area contributed by atoms with Gasteiger partial charge in [-0.2, -0.15) is 0 Å². The molecule has 10 aromatic rings. The van der Waals surface area contributed by atoms with Gasteiger partial charge in [-0.1, -0.05) is 109 Å². The number of hydrogen-bond donors (Lipinski definition) is 1. The molecule has 1 aliphatic rings. The summed E-state index contributed by atoms with van der Waals surface area (Å²) >= 11 is 1.80. The van der Waals surface area contributed by atoms with Crippen LogP contribution in [0.25, 0.3) is 75.7 Å². The summed E-state index contributed by atoms with van der Waals surface area (Å²) in [7, 11) is 0. The number of fused-ring (bicyclic) bond motifs is 10. The summed E-state index contributed by atoms with van der Waals surface area (Å²) in [6, 6.07) is 54.0. The minimum Gasteiger partial charge on any atom is -0.456 e. The highest BCUT2D eigenvalue weighted by Gasteiger charge is 2.30. The Labute approximate surface area is 285 Å². The van der Waals surface area contributed by atoms with Crippen LogP contribution in [0.4, 0.5) is 5.69 Å². The minimum atomic E-state index is -0.329. The molecule has 0 amide bonds. The Balaban J connectivity index is 1.13. The second-order valence-electron chi connectivity index (χ2n) is 12.8. The average molecular weight is 646 g/mol. The first-order valence-corrected chi connectivity index (χ1v) is 17.4. The molecular weight excluding hydrogens is 619 g/mol. The van der Waals surface area contributed by atoms with Crippen molar-refractivity contribution in [3.05, 3.63) is 162 Å². The molecular formula is C44H27N3OS. The van der Waals surface area contributed by atoms with Gasteiger partial charge in [-0.25, -0.2) is 4.99 Å². The van der Waals surface area contributed by atoms with Crippen molar-refractivity contribution in [3.63, 3.8) is 0 Å². The van der Waals surface area contributed by atoms with Crippen molar-refractivity contribution < 1.29 is 4.42 Å². The SMILES string of the molecule is c1ccc2cc(-c3ccc4c(c3)oc3cccc(C5N=C(n6c7ccccc7c7ccccc76)c6sc7ccccc7c6N5)c34)ccc2c1. The van der Waals surface area contributed by atoms with Gasteiger partial charge in [0.1, 0.15) is 17.3 Å². The van der Waals surface area contributed by atoms with Gasteiger partial charge in [-0.3, -0.25) is 4.57 Å². The van der Waals surface area contributed by atoms with Gasteiger partial charge >= 0.3 is 0 Å². The highest BCUT2D eigenvalue weighted by atomic mass is 32.1. The number of anilines is 1. The van der Waals surface area contributed by atoms with Gasteiger partial charge in [-0.05, 0) is 64.4 Å². The third-order valence-electron chi connectivity index (χ3n) is 10.0.